The average Bonchev–Trinajstić information content (AvgIpc) is 3.07. The van der Waals surface area contributed by atoms with Gasteiger partial charge in [-0.15, -0.1) is 0 Å². The molecule has 0 atom stereocenters. The van der Waals surface area contributed by atoms with Gasteiger partial charge in [-0.2, -0.15) is 0 Å². The second kappa shape index (κ2) is 8.97. The van der Waals surface area contributed by atoms with E-state index in [1.54, 1.807) is 23.1 Å². The number of halogens is 3. The van der Waals surface area contributed by atoms with Gasteiger partial charge in [-0.25, -0.2) is 4.98 Å². The van der Waals surface area contributed by atoms with E-state index in [0.717, 1.165) is 28.7 Å². The minimum atomic E-state index is -0.184. The lowest BCUT2D eigenvalue weighted by Crippen LogP contribution is -2.33. The molecule has 0 aliphatic carbocycles. The molecule has 1 aromatic heterocycles. The highest BCUT2D eigenvalue weighted by Crippen LogP contribution is 2.36. The number of hydrogen-bond donors (Lipinski definition) is 0. The summed E-state index contributed by atoms with van der Waals surface area (Å²) in [6.45, 7) is 3.36. The van der Waals surface area contributed by atoms with E-state index in [1.165, 1.54) is 11.3 Å². The minimum absolute atomic E-state index is 0.184. The summed E-state index contributed by atoms with van der Waals surface area (Å²) in [4.78, 5) is 21.8. The summed E-state index contributed by atoms with van der Waals surface area (Å²) in [6.07, 6.45) is 0.801. The Balaban J connectivity index is 2.02. The number of nitrogens with zero attached hydrogens (tertiary/aromatic N) is 3. The normalized spacial score (nSPS) is 11.4. The number of anilines is 1. The Morgan fingerprint density at radius 1 is 1.07 bits per heavy atom. The van der Waals surface area contributed by atoms with Gasteiger partial charge < -0.3 is 4.90 Å². The fourth-order valence-electron chi connectivity index (χ4n) is 2.87. The van der Waals surface area contributed by atoms with Crippen LogP contribution in [0.5, 0.6) is 0 Å². The zero-order chi connectivity index (χ0) is 20.4. The van der Waals surface area contributed by atoms with Crippen molar-refractivity contribution in [1.82, 2.24) is 9.88 Å². The highest BCUT2D eigenvalue weighted by atomic mass is 35.5. The predicted molar refractivity (Wildman–Crippen MR) is 121 cm³/mol. The maximum atomic E-state index is 13.3. The number of fused-ring (bicyclic) bond motifs is 1. The number of aryl methyl sites for hydroxylation is 1. The second-order valence-electron chi connectivity index (χ2n) is 6.81. The Hall–Kier alpha value is -1.37. The SMILES string of the molecule is Cc1ccc(Cl)c2sc(N(CCCN(C)C)C(=O)c3cc(Cl)cc(Cl)c3)nc12. The number of carbonyl (C=O) groups excluding carboxylic acids is 1. The third-order valence-corrected chi connectivity index (χ3v) is 6.23. The molecular formula is C20H20Cl3N3OS. The van der Waals surface area contributed by atoms with Crippen LogP contribution >= 0.6 is 46.1 Å². The van der Waals surface area contributed by atoms with Gasteiger partial charge in [-0.3, -0.25) is 9.69 Å². The molecule has 0 aliphatic rings. The Bertz CT molecular complexity index is 960. The van der Waals surface area contributed by atoms with E-state index in [2.05, 4.69) is 4.90 Å². The average molecular weight is 457 g/mol. The van der Waals surface area contributed by atoms with Gasteiger partial charge >= 0.3 is 0 Å². The van der Waals surface area contributed by atoms with Crippen LogP contribution in [0, 0.1) is 6.92 Å². The molecule has 8 heteroatoms. The number of benzene rings is 2. The van der Waals surface area contributed by atoms with Crippen LogP contribution in [0.2, 0.25) is 15.1 Å². The van der Waals surface area contributed by atoms with Crippen LogP contribution in [0.15, 0.2) is 30.3 Å². The van der Waals surface area contributed by atoms with Gasteiger partial charge in [0.25, 0.3) is 5.91 Å². The van der Waals surface area contributed by atoms with Crippen molar-refractivity contribution in [2.45, 2.75) is 13.3 Å². The first-order valence-electron chi connectivity index (χ1n) is 8.74. The summed E-state index contributed by atoms with van der Waals surface area (Å²) >= 11 is 20.0. The molecule has 0 saturated carbocycles. The van der Waals surface area contributed by atoms with E-state index in [0.29, 0.717) is 32.3 Å². The quantitative estimate of drug-likeness (QED) is 0.445. The summed E-state index contributed by atoms with van der Waals surface area (Å²) in [7, 11) is 4.01. The van der Waals surface area contributed by atoms with Gasteiger partial charge in [0.05, 0.1) is 15.2 Å². The number of rotatable bonds is 6. The topological polar surface area (TPSA) is 36.4 Å². The monoisotopic (exact) mass is 455 g/mol. The van der Waals surface area contributed by atoms with Crippen LogP contribution in [-0.4, -0.2) is 43.0 Å². The fourth-order valence-corrected chi connectivity index (χ4v) is 4.74. The Morgan fingerprint density at radius 2 is 1.75 bits per heavy atom. The maximum Gasteiger partial charge on any atom is 0.260 e. The molecular weight excluding hydrogens is 437 g/mol. The largest absolute Gasteiger partial charge is 0.309 e. The van der Waals surface area contributed by atoms with Gasteiger partial charge in [0.15, 0.2) is 5.13 Å². The number of aromatic nitrogens is 1. The van der Waals surface area contributed by atoms with Crippen LogP contribution in [0.25, 0.3) is 10.2 Å². The van der Waals surface area contributed by atoms with Gasteiger partial charge in [-0.05, 0) is 63.8 Å². The summed E-state index contributed by atoms with van der Waals surface area (Å²) in [5.74, 6) is -0.184. The zero-order valence-corrected chi connectivity index (χ0v) is 18.9. The molecule has 28 heavy (non-hydrogen) atoms. The molecule has 0 aliphatic heterocycles. The van der Waals surface area contributed by atoms with Crippen LogP contribution in [0.4, 0.5) is 5.13 Å². The Morgan fingerprint density at radius 3 is 2.36 bits per heavy atom. The highest BCUT2D eigenvalue weighted by Gasteiger charge is 2.23. The van der Waals surface area contributed by atoms with Crippen molar-refractivity contribution in [3.05, 3.63) is 56.5 Å². The number of carbonyl (C=O) groups is 1. The lowest BCUT2D eigenvalue weighted by Gasteiger charge is -2.21. The minimum Gasteiger partial charge on any atom is -0.309 e. The van der Waals surface area contributed by atoms with Crippen molar-refractivity contribution in [2.75, 3.05) is 32.1 Å². The number of amides is 1. The molecule has 1 heterocycles. The van der Waals surface area contributed by atoms with E-state index in [-0.39, 0.29) is 5.91 Å². The maximum absolute atomic E-state index is 13.3. The predicted octanol–water partition coefficient (Wildman–Crippen LogP) is 6.16. The lowest BCUT2D eigenvalue weighted by molar-refractivity contribution is 0.0986. The molecule has 0 fully saturated rings. The fraction of sp³-hybridized carbons (Fsp3) is 0.300. The molecule has 3 aromatic rings. The van der Waals surface area contributed by atoms with E-state index in [4.69, 9.17) is 39.8 Å². The first kappa shape index (κ1) is 21.3. The molecule has 0 bridgehead atoms. The standard InChI is InChI=1S/C20H20Cl3N3OS/c1-12-5-6-16(23)18-17(12)24-20(28-18)26(8-4-7-25(2)3)19(27)13-9-14(21)11-15(22)10-13/h5-6,9-11H,4,7-8H2,1-3H3. The highest BCUT2D eigenvalue weighted by molar-refractivity contribution is 7.23. The Kier molecular flexibility index (Phi) is 6.84. The van der Waals surface area contributed by atoms with Gasteiger partial charge in [0.1, 0.15) is 0 Å². The van der Waals surface area contributed by atoms with Crippen molar-refractivity contribution >= 4 is 67.4 Å². The molecule has 0 saturated heterocycles. The summed E-state index contributed by atoms with van der Waals surface area (Å²) < 4.78 is 0.881. The van der Waals surface area contributed by atoms with Crippen molar-refractivity contribution in [3.63, 3.8) is 0 Å². The number of hydrogen-bond acceptors (Lipinski definition) is 4. The third kappa shape index (κ3) is 4.78. The van der Waals surface area contributed by atoms with Crippen LogP contribution in [0.1, 0.15) is 22.3 Å². The first-order valence-corrected chi connectivity index (χ1v) is 10.7. The summed E-state index contributed by atoms with van der Waals surface area (Å²) in [5.41, 5.74) is 2.28. The molecule has 0 radical (unpaired) electrons. The van der Waals surface area contributed by atoms with Crippen LogP contribution in [0.3, 0.4) is 0 Å². The van der Waals surface area contributed by atoms with Crippen molar-refractivity contribution < 1.29 is 4.79 Å². The van der Waals surface area contributed by atoms with E-state index >= 15 is 0 Å². The molecule has 148 valence electrons. The van der Waals surface area contributed by atoms with Crippen LogP contribution < -0.4 is 4.90 Å². The molecule has 0 spiro atoms. The van der Waals surface area contributed by atoms with Crippen LogP contribution in [-0.2, 0) is 0 Å². The van der Waals surface area contributed by atoms with Gasteiger partial charge in [0.2, 0.25) is 0 Å². The first-order chi connectivity index (χ1) is 13.3. The van der Waals surface area contributed by atoms with E-state index < -0.39 is 0 Å². The number of thiazole rings is 1. The third-order valence-electron chi connectivity index (χ3n) is 4.26. The summed E-state index contributed by atoms with van der Waals surface area (Å²) in [5, 5.41) is 2.10. The second-order valence-corrected chi connectivity index (χ2v) is 9.07. The smallest absolute Gasteiger partial charge is 0.260 e. The molecule has 4 nitrogen and oxygen atoms in total. The molecule has 3 rings (SSSR count). The molecule has 2 aromatic carbocycles. The zero-order valence-electron chi connectivity index (χ0n) is 15.8. The van der Waals surface area contributed by atoms with E-state index in [1.807, 2.05) is 33.2 Å². The van der Waals surface area contributed by atoms with Crippen molar-refractivity contribution in [1.29, 1.82) is 0 Å². The molecule has 0 N–H and O–H groups in total. The summed E-state index contributed by atoms with van der Waals surface area (Å²) in [6, 6.07) is 8.65. The molecule has 0 unspecified atom stereocenters. The van der Waals surface area contributed by atoms with Gasteiger partial charge in [0, 0.05) is 22.2 Å². The lowest BCUT2D eigenvalue weighted by atomic mass is 10.2. The van der Waals surface area contributed by atoms with Crippen molar-refractivity contribution in [2.24, 2.45) is 0 Å². The molecule has 1 amide bonds. The van der Waals surface area contributed by atoms with E-state index in [9.17, 15) is 4.79 Å². The Labute approximate surface area is 183 Å². The van der Waals surface area contributed by atoms with Crippen molar-refractivity contribution in [3.8, 4) is 0 Å². The van der Waals surface area contributed by atoms with Gasteiger partial charge in [-0.1, -0.05) is 52.2 Å².